The van der Waals surface area contributed by atoms with Crippen LogP contribution in [0.25, 0.3) is 0 Å². The number of carbonyl (C=O) groups excluding carboxylic acids is 5. The number of rotatable bonds is 7. The van der Waals surface area contributed by atoms with Gasteiger partial charge in [0.05, 0.1) is 11.5 Å². The van der Waals surface area contributed by atoms with Gasteiger partial charge in [-0.05, 0) is 66.6 Å². The van der Waals surface area contributed by atoms with Crippen LogP contribution in [0.4, 0.5) is 0 Å². The highest BCUT2D eigenvalue weighted by atomic mass is 16.6. The molecule has 248 valence electrons. The van der Waals surface area contributed by atoms with E-state index in [2.05, 4.69) is 20.4 Å². The number of Topliss-reactive ketones (excluding diaryl/α,β-unsaturated/α-hetero) is 2. The van der Waals surface area contributed by atoms with Crippen LogP contribution in [-0.4, -0.2) is 47.3 Å². The Hall–Kier alpha value is -4.33. The lowest BCUT2D eigenvalue weighted by molar-refractivity contribution is -0.177. The lowest BCUT2D eigenvalue weighted by atomic mass is 9.72. The normalized spacial score (nSPS) is 31.3. The van der Waals surface area contributed by atoms with E-state index >= 15 is 0 Å². The molecule has 0 saturated heterocycles. The Bertz CT molecular complexity index is 1610. The van der Waals surface area contributed by atoms with Crippen LogP contribution in [0.5, 0.6) is 0 Å². The van der Waals surface area contributed by atoms with Crippen molar-refractivity contribution in [3.8, 4) is 0 Å². The van der Waals surface area contributed by atoms with E-state index in [0.717, 1.165) is 0 Å². The van der Waals surface area contributed by atoms with Crippen molar-refractivity contribution < 1.29 is 38.2 Å². The van der Waals surface area contributed by atoms with Crippen LogP contribution in [-0.2, 0) is 28.6 Å². The minimum absolute atomic E-state index is 0.00665. The van der Waals surface area contributed by atoms with Crippen molar-refractivity contribution in [2.75, 3.05) is 0 Å². The molecular weight excluding hydrogens is 596 g/mol. The summed E-state index contributed by atoms with van der Waals surface area (Å²) in [5.74, 6) is -4.26. The van der Waals surface area contributed by atoms with E-state index in [4.69, 9.17) is 14.2 Å². The maximum absolute atomic E-state index is 14.7. The zero-order valence-corrected chi connectivity index (χ0v) is 28.0. The highest BCUT2D eigenvalue weighted by Crippen LogP contribution is 2.63. The molecule has 8 heteroatoms. The van der Waals surface area contributed by atoms with Gasteiger partial charge in [0.25, 0.3) is 0 Å². The molecular formula is C39H44O8. The molecule has 0 radical (unpaired) electrons. The maximum atomic E-state index is 14.7. The third kappa shape index (κ3) is 6.60. The van der Waals surface area contributed by atoms with Crippen molar-refractivity contribution in [1.29, 1.82) is 0 Å². The fraction of sp³-hybridized carbons (Fsp3) is 0.462. The first-order chi connectivity index (χ1) is 22.2. The summed E-state index contributed by atoms with van der Waals surface area (Å²) in [4.78, 5) is 67.7. The summed E-state index contributed by atoms with van der Waals surface area (Å²) in [6.07, 6.45) is 0.320. The molecule has 2 aromatic carbocycles. The molecule has 3 aliphatic rings. The summed E-state index contributed by atoms with van der Waals surface area (Å²) in [5, 5.41) is 0. The summed E-state index contributed by atoms with van der Waals surface area (Å²) < 4.78 is 18.4. The lowest BCUT2D eigenvalue weighted by Gasteiger charge is -2.41. The molecule has 8 atom stereocenters. The van der Waals surface area contributed by atoms with E-state index in [1.165, 1.54) is 13.8 Å². The quantitative estimate of drug-likeness (QED) is 0.142. The molecule has 8 nitrogen and oxygen atoms in total. The van der Waals surface area contributed by atoms with E-state index in [-0.39, 0.29) is 53.1 Å². The maximum Gasteiger partial charge on any atom is 0.338 e. The Morgan fingerprint density at radius 2 is 1.49 bits per heavy atom. The molecule has 2 aromatic rings. The van der Waals surface area contributed by atoms with Gasteiger partial charge in [-0.1, -0.05) is 82.0 Å². The number of benzene rings is 2. The van der Waals surface area contributed by atoms with E-state index in [1.807, 2.05) is 19.1 Å². The van der Waals surface area contributed by atoms with Gasteiger partial charge in [0, 0.05) is 31.4 Å². The second-order valence-electron chi connectivity index (χ2n) is 14.1. The Kier molecular flexibility index (Phi) is 9.45. The molecule has 0 aliphatic heterocycles. The first-order valence-corrected chi connectivity index (χ1v) is 16.3. The standard InChI is InChI=1S/C39H44O8/c1-22-18-30-31(38(30,6)7)20-33(46-37(44)28-16-12-9-13-17-28)24(3)35(45-25(4)40)34-29(19-32(42)27-14-10-8-11-15-27)23(2)21-39(34,36(22)43)47-26(5)41/h8-18,23,29-31,33-35H,3,19-21H2,1-2,4-7H3. The summed E-state index contributed by atoms with van der Waals surface area (Å²) in [7, 11) is 0. The number of hydrogen-bond donors (Lipinski definition) is 0. The number of esters is 3. The molecule has 8 unspecified atom stereocenters. The highest BCUT2D eigenvalue weighted by Gasteiger charge is 2.65. The van der Waals surface area contributed by atoms with E-state index in [9.17, 15) is 24.0 Å². The van der Waals surface area contributed by atoms with E-state index in [0.29, 0.717) is 23.1 Å². The number of ether oxygens (including phenoxy) is 3. The number of allylic oxidation sites excluding steroid dienone is 1. The van der Waals surface area contributed by atoms with Crippen molar-refractivity contribution in [3.05, 3.63) is 95.6 Å². The van der Waals surface area contributed by atoms with Crippen LogP contribution in [0, 0.1) is 35.0 Å². The molecule has 0 aromatic heterocycles. The zero-order valence-electron chi connectivity index (χ0n) is 28.0. The molecule has 5 rings (SSSR count). The molecule has 0 amide bonds. The Morgan fingerprint density at radius 3 is 2.06 bits per heavy atom. The van der Waals surface area contributed by atoms with Gasteiger partial charge in [-0.3, -0.25) is 19.2 Å². The largest absolute Gasteiger partial charge is 0.457 e. The molecule has 3 aliphatic carbocycles. The Morgan fingerprint density at radius 1 is 0.894 bits per heavy atom. The number of hydrogen-bond acceptors (Lipinski definition) is 8. The topological polar surface area (TPSA) is 113 Å². The van der Waals surface area contributed by atoms with Gasteiger partial charge >= 0.3 is 17.9 Å². The van der Waals surface area contributed by atoms with Gasteiger partial charge in [-0.25, -0.2) is 4.79 Å². The zero-order chi connectivity index (χ0) is 34.3. The molecule has 0 spiro atoms. The first-order valence-electron chi connectivity index (χ1n) is 16.3. The van der Waals surface area contributed by atoms with E-state index < -0.39 is 47.6 Å². The highest BCUT2D eigenvalue weighted by molar-refractivity contribution is 6.03. The number of ketones is 2. The smallest absolute Gasteiger partial charge is 0.338 e. The number of carbonyl (C=O) groups is 5. The van der Waals surface area contributed by atoms with Crippen LogP contribution < -0.4 is 0 Å². The summed E-state index contributed by atoms with van der Waals surface area (Å²) in [6, 6.07) is 17.4. The average Bonchev–Trinajstić information content (AvgIpc) is 3.41. The number of fused-ring (bicyclic) bond motifs is 2. The molecule has 0 N–H and O–H groups in total. The molecule has 2 fully saturated rings. The van der Waals surface area contributed by atoms with Crippen LogP contribution >= 0.6 is 0 Å². The van der Waals surface area contributed by atoms with Gasteiger partial charge in [0.2, 0.25) is 5.78 Å². The minimum Gasteiger partial charge on any atom is -0.457 e. The molecule has 0 heterocycles. The average molecular weight is 641 g/mol. The fourth-order valence-electron chi connectivity index (χ4n) is 8.14. The van der Waals surface area contributed by atoms with Gasteiger partial charge in [-0.2, -0.15) is 0 Å². The van der Waals surface area contributed by atoms with Crippen LogP contribution in [0.2, 0.25) is 0 Å². The third-order valence-corrected chi connectivity index (χ3v) is 10.6. The van der Waals surface area contributed by atoms with Crippen molar-refractivity contribution in [3.63, 3.8) is 0 Å². The second-order valence-corrected chi connectivity index (χ2v) is 14.1. The summed E-state index contributed by atoms with van der Waals surface area (Å²) >= 11 is 0. The molecule has 0 bridgehead atoms. The lowest BCUT2D eigenvalue weighted by Crippen LogP contribution is -2.54. The third-order valence-electron chi connectivity index (χ3n) is 10.6. The molecule has 2 saturated carbocycles. The fourth-order valence-corrected chi connectivity index (χ4v) is 8.14. The summed E-state index contributed by atoms with van der Waals surface area (Å²) in [6.45, 7) is 14.7. The Labute approximate surface area is 276 Å². The SMILES string of the molecule is C=C1C(OC(=O)c2ccccc2)CC2C(C=C(C)C(=O)C3(OC(C)=O)CC(C)C(CC(=O)c4ccccc4)C3C1OC(C)=O)C2(C)C. The first kappa shape index (κ1) is 34.0. The van der Waals surface area contributed by atoms with Gasteiger partial charge in [-0.15, -0.1) is 0 Å². The van der Waals surface area contributed by atoms with Crippen LogP contribution in [0.15, 0.2) is 84.5 Å². The summed E-state index contributed by atoms with van der Waals surface area (Å²) in [5.41, 5.74) is -0.410. The van der Waals surface area contributed by atoms with Crippen molar-refractivity contribution in [2.45, 2.75) is 78.6 Å². The van der Waals surface area contributed by atoms with Crippen LogP contribution in [0.3, 0.4) is 0 Å². The monoisotopic (exact) mass is 640 g/mol. The second kappa shape index (κ2) is 13.1. The van der Waals surface area contributed by atoms with Gasteiger partial charge in [0.15, 0.2) is 11.4 Å². The van der Waals surface area contributed by atoms with Crippen molar-refractivity contribution in [1.82, 2.24) is 0 Å². The minimum atomic E-state index is -1.76. The predicted octanol–water partition coefficient (Wildman–Crippen LogP) is 6.74. The van der Waals surface area contributed by atoms with E-state index in [1.54, 1.807) is 61.5 Å². The van der Waals surface area contributed by atoms with Crippen LogP contribution in [0.1, 0.15) is 81.5 Å². The Balaban J connectivity index is 1.68. The van der Waals surface area contributed by atoms with Crippen molar-refractivity contribution in [2.24, 2.45) is 35.0 Å². The van der Waals surface area contributed by atoms with Gasteiger partial charge < -0.3 is 14.2 Å². The molecule has 47 heavy (non-hydrogen) atoms. The van der Waals surface area contributed by atoms with Crippen molar-refractivity contribution >= 4 is 29.5 Å². The predicted molar refractivity (Wildman–Crippen MR) is 175 cm³/mol. The van der Waals surface area contributed by atoms with Gasteiger partial charge in [0.1, 0.15) is 12.2 Å².